The number of carbonyl (C=O) groups is 1. The van der Waals surface area contributed by atoms with Crippen LogP contribution in [0.3, 0.4) is 0 Å². The van der Waals surface area contributed by atoms with E-state index in [4.69, 9.17) is 10.3 Å². The number of aromatic nitrogens is 3. The topological polar surface area (TPSA) is 115 Å². The van der Waals surface area contributed by atoms with Gasteiger partial charge < -0.3 is 9.47 Å². The summed E-state index contributed by atoms with van der Waals surface area (Å²) in [5.41, 5.74) is 8.60. The van der Waals surface area contributed by atoms with E-state index in [0.29, 0.717) is 11.3 Å². The molecule has 154 valence electrons. The molecular formula is C17H10F4N6O3. The molecule has 3 aromatic rings. The quantitative estimate of drug-likeness (QED) is 0.254. The molecule has 2 aromatic carbocycles. The smallest absolute Gasteiger partial charge is 0.458 e. The molecule has 0 aliphatic heterocycles. The molecule has 3 rings (SSSR count). The van der Waals surface area contributed by atoms with Crippen LogP contribution in [-0.2, 0) is 6.61 Å². The van der Waals surface area contributed by atoms with Gasteiger partial charge in [-0.3, -0.25) is 4.79 Å². The maximum Gasteiger partial charge on any atom is 0.573 e. The van der Waals surface area contributed by atoms with Crippen LogP contribution in [-0.4, -0.2) is 27.0 Å². The Hall–Kier alpha value is -4.12. The van der Waals surface area contributed by atoms with Crippen LogP contribution >= 0.6 is 0 Å². The van der Waals surface area contributed by atoms with Gasteiger partial charge in [-0.2, -0.15) is 4.98 Å². The van der Waals surface area contributed by atoms with Crippen molar-refractivity contribution in [3.05, 3.63) is 76.2 Å². The van der Waals surface area contributed by atoms with Crippen molar-refractivity contribution >= 4 is 5.91 Å². The van der Waals surface area contributed by atoms with E-state index in [2.05, 4.69) is 24.8 Å². The van der Waals surface area contributed by atoms with Crippen molar-refractivity contribution in [2.24, 2.45) is 5.11 Å². The van der Waals surface area contributed by atoms with Crippen LogP contribution in [0.5, 0.6) is 11.8 Å². The van der Waals surface area contributed by atoms with Gasteiger partial charge in [0, 0.05) is 4.91 Å². The highest BCUT2D eigenvalue weighted by molar-refractivity contribution is 5.95. The van der Waals surface area contributed by atoms with Gasteiger partial charge in [-0.25, -0.2) is 9.07 Å². The fraction of sp³-hybridized carbons (Fsp3) is 0.118. The summed E-state index contributed by atoms with van der Waals surface area (Å²) in [6.45, 7) is -0.130. The first kappa shape index (κ1) is 20.6. The summed E-state index contributed by atoms with van der Waals surface area (Å²) >= 11 is 0. The van der Waals surface area contributed by atoms with Crippen molar-refractivity contribution < 1.29 is 31.8 Å². The molecule has 0 bridgehead atoms. The fourth-order valence-corrected chi connectivity index (χ4v) is 2.30. The Morgan fingerprint density at radius 2 is 1.93 bits per heavy atom. The fourth-order valence-electron chi connectivity index (χ4n) is 2.30. The molecule has 0 aliphatic rings. The van der Waals surface area contributed by atoms with Gasteiger partial charge in [0.25, 0.3) is 5.91 Å². The van der Waals surface area contributed by atoms with E-state index in [0.717, 1.165) is 24.3 Å². The maximum atomic E-state index is 13.9. The van der Waals surface area contributed by atoms with E-state index < -0.39 is 18.1 Å². The standard InChI is InChI=1S/C17H10F4N6O3/c18-14-7-10(1-6-13(14)15(28)24-26-22)8-29-16-23-9-27(25-16)11-2-4-12(5-3-11)30-17(19,20)21/h1-7,9H,8H2. The Balaban J connectivity index is 1.64. The molecule has 30 heavy (non-hydrogen) atoms. The van der Waals surface area contributed by atoms with E-state index in [9.17, 15) is 22.4 Å². The van der Waals surface area contributed by atoms with Crippen LogP contribution in [0.2, 0.25) is 0 Å². The minimum Gasteiger partial charge on any atom is -0.458 e. The lowest BCUT2D eigenvalue weighted by Gasteiger charge is -2.09. The number of azide groups is 1. The third-order valence-corrected chi connectivity index (χ3v) is 3.57. The summed E-state index contributed by atoms with van der Waals surface area (Å²) in [5, 5.41) is 6.83. The third kappa shape index (κ3) is 5.23. The Labute approximate surface area is 165 Å². The first-order chi connectivity index (χ1) is 14.2. The molecule has 9 nitrogen and oxygen atoms in total. The summed E-state index contributed by atoms with van der Waals surface area (Å²) in [5.74, 6) is -2.31. The van der Waals surface area contributed by atoms with Crippen LogP contribution in [0.4, 0.5) is 17.6 Å². The van der Waals surface area contributed by atoms with Crippen molar-refractivity contribution in [1.82, 2.24) is 14.8 Å². The van der Waals surface area contributed by atoms with Gasteiger partial charge >= 0.3 is 12.4 Å². The minimum atomic E-state index is -4.79. The third-order valence-electron chi connectivity index (χ3n) is 3.57. The zero-order valence-electron chi connectivity index (χ0n) is 14.7. The average Bonchev–Trinajstić information content (AvgIpc) is 3.15. The lowest BCUT2D eigenvalue weighted by molar-refractivity contribution is -0.274. The van der Waals surface area contributed by atoms with Crippen LogP contribution in [0.15, 0.2) is 53.9 Å². The number of hydrogen-bond acceptors (Lipinski definition) is 5. The molecule has 1 aromatic heterocycles. The molecule has 0 spiro atoms. The van der Waals surface area contributed by atoms with Crippen molar-refractivity contribution in [2.75, 3.05) is 0 Å². The molecule has 0 atom stereocenters. The van der Waals surface area contributed by atoms with E-state index in [1.807, 2.05) is 0 Å². The number of hydrogen-bond donors (Lipinski definition) is 0. The second-order valence-corrected chi connectivity index (χ2v) is 5.61. The summed E-state index contributed by atoms with van der Waals surface area (Å²) in [7, 11) is 0. The molecule has 0 aliphatic carbocycles. The molecule has 0 unspecified atom stereocenters. The predicted molar refractivity (Wildman–Crippen MR) is 92.3 cm³/mol. The van der Waals surface area contributed by atoms with Crippen molar-refractivity contribution in [2.45, 2.75) is 13.0 Å². The molecule has 1 heterocycles. The second kappa shape index (κ2) is 8.49. The molecule has 0 saturated heterocycles. The van der Waals surface area contributed by atoms with Gasteiger partial charge in [-0.1, -0.05) is 6.07 Å². The zero-order valence-corrected chi connectivity index (χ0v) is 14.7. The van der Waals surface area contributed by atoms with Gasteiger partial charge in [-0.05, 0) is 52.6 Å². The number of carbonyl (C=O) groups excluding carboxylic acids is 1. The monoisotopic (exact) mass is 422 g/mol. The van der Waals surface area contributed by atoms with Crippen LogP contribution in [0.25, 0.3) is 16.1 Å². The second-order valence-electron chi connectivity index (χ2n) is 5.61. The van der Waals surface area contributed by atoms with E-state index in [-0.39, 0.29) is 23.9 Å². The van der Waals surface area contributed by atoms with Crippen LogP contribution < -0.4 is 9.47 Å². The predicted octanol–water partition coefficient (Wildman–Crippen LogP) is 4.33. The molecule has 13 heteroatoms. The molecule has 0 radical (unpaired) electrons. The molecule has 1 amide bonds. The van der Waals surface area contributed by atoms with Crippen molar-refractivity contribution in [1.29, 1.82) is 0 Å². The van der Waals surface area contributed by atoms with E-state index >= 15 is 0 Å². The Morgan fingerprint density at radius 1 is 1.20 bits per heavy atom. The summed E-state index contributed by atoms with van der Waals surface area (Å²) in [6, 6.07) is 8.45. The van der Waals surface area contributed by atoms with Gasteiger partial charge in [0.2, 0.25) is 0 Å². The van der Waals surface area contributed by atoms with E-state index in [1.54, 1.807) is 0 Å². The normalized spacial score (nSPS) is 10.9. The Bertz CT molecular complexity index is 1110. The van der Waals surface area contributed by atoms with Gasteiger partial charge in [-0.15, -0.1) is 18.3 Å². The molecular weight excluding hydrogens is 412 g/mol. The first-order valence-corrected chi connectivity index (χ1v) is 8.03. The number of halogens is 4. The summed E-state index contributed by atoms with van der Waals surface area (Å²) in [6.07, 6.45) is -3.51. The number of benzene rings is 2. The molecule has 0 saturated carbocycles. The minimum absolute atomic E-state index is 0.0692. The Morgan fingerprint density at radius 3 is 2.57 bits per heavy atom. The number of amides is 1. The van der Waals surface area contributed by atoms with Crippen LogP contribution in [0, 0.1) is 5.82 Å². The molecule has 0 N–H and O–H groups in total. The number of rotatable bonds is 6. The lowest BCUT2D eigenvalue weighted by atomic mass is 10.1. The maximum absolute atomic E-state index is 13.9. The highest BCUT2D eigenvalue weighted by Crippen LogP contribution is 2.23. The summed E-state index contributed by atoms with van der Waals surface area (Å²) < 4.78 is 60.9. The summed E-state index contributed by atoms with van der Waals surface area (Å²) in [4.78, 5) is 17.6. The zero-order chi connectivity index (χ0) is 21.7. The van der Waals surface area contributed by atoms with Crippen molar-refractivity contribution in [3.8, 4) is 17.4 Å². The van der Waals surface area contributed by atoms with Gasteiger partial charge in [0.05, 0.1) is 11.3 Å². The highest BCUT2D eigenvalue weighted by atomic mass is 19.4. The largest absolute Gasteiger partial charge is 0.573 e. The van der Waals surface area contributed by atoms with Crippen molar-refractivity contribution in [3.63, 3.8) is 0 Å². The van der Waals surface area contributed by atoms with Gasteiger partial charge in [0.1, 0.15) is 24.5 Å². The highest BCUT2D eigenvalue weighted by Gasteiger charge is 2.31. The SMILES string of the molecule is [N-]=[N+]=NC(=O)c1ccc(COc2ncn(-c3ccc(OC(F)(F)F)cc3)n2)cc1F. The average molecular weight is 422 g/mol. The molecule has 0 fully saturated rings. The number of nitrogens with zero attached hydrogens (tertiary/aromatic N) is 6. The van der Waals surface area contributed by atoms with E-state index in [1.165, 1.54) is 29.2 Å². The van der Waals surface area contributed by atoms with Gasteiger partial charge in [0.15, 0.2) is 0 Å². The first-order valence-electron chi connectivity index (χ1n) is 8.03. The Kier molecular flexibility index (Phi) is 5.83. The lowest BCUT2D eigenvalue weighted by Crippen LogP contribution is -2.17. The number of alkyl halides is 3. The number of ether oxygens (including phenoxy) is 2. The van der Waals surface area contributed by atoms with Crippen LogP contribution in [0.1, 0.15) is 15.9 Å².